The van der Waals surface area contributed by atoms with Gasteiger partial charge in [-0.1, -0.05) is 67.6 Å². The highest BCUT2D eigenvalue weighted by Gasteiger charge is 2.55. The second-order valence-corrected chi connectivity index (χ2v) is 8.87. The number of aliphatic hydroxyl groups is 1. The number of amides is 1. The third kappa shape index (κ3) is 3.69. The van der Waals surface area contributed by atoms with E-state index >= 15 is 0 Å². The standard InChI is InChI=1S/C27H29N3O3/c1-2-29-23-16-30-22(14-13-20(27(30)33)19-11-7-4-8-12-19)25(29)24(21(23)17-31)26(32)28-15-18-9-5-3-6-10-18/h3-14,21,23-25,31H,2,15-17H2,1H3,(H,28,32)/t21-,23-,24+,25+/m1/s1. The predicted molar refractivity (Wildman–Crippen MR) is 127 cm³/mol. The lowest BCUT2D eigenvalue weighted by Gasteiger charge is -2.37. The van der Waals surface area contributed by atoms with Crippen LogP contribution in [0.1, 0.15) is 24.2 Å². The van der Waals surface area contributed by atoms with Crippen molar-refractivity contribution in [1.82, 2.24) is 14.8 Å². The van der Waals surface area contributed by atoms with Gasteiger partial charge in [-0.05, 0) is 29.8 Å². The number of nitrogens with one attached hydrogen (secondary N) is 1. The average Bonchev–Trinajstić information content (AvgIpc) is 3.09. The molecule has 6 heteroatoms. The monoisotopic (exact) mass is 443 g/mol. The summed E-state index contributed by atoms with van der Waals surface area (Å²) in [5.74, 6) is -0.721. The van der Waals surface area contributed by atoms with Gasteiger partial charge in [0, 0.05) is 42.9 Å². The first-order valence-corrected chi connectivity index (χ1v) is 11.6. The number of hydrogen-bond acceptors (Lipinski definition) is 4. The summed E-state index contributed by atoms with van der Waals surface area (Å²) < 4.78 is 1.83. The Hall–Kier alpha value is -3.22. The van der Waals surface area contributed by atoms with E-state index in [1.165, 1.54) is 0 Å². The number of pyridine rings is 1. The molecular formula is C27H29N3O3. The third-order valence-corrected chi connectivity index (χ3v) is 7.23. The van der Waals surface area contributed by atoms with Crippen LogP contribution in [-0.4, -0.2) is 39.7 Å². The molecule has 0 saturated carbocycles. The molecule has 1 fully saturated rings. The zero-order chi connectivity index (χ0) is 22.9. The molecule has 2 aromatic carbocycles. The molecule has 170 valence electrons. The molecule has 0 unspecified atom stereocenters. The summed E-state index contributed by atoms with van der Waals surface area (Å²) in [7, 11) is 0. The quantitative estimate of drug-likeness (QED) is 0.615. The molecule has 1 amide bonds. The minimum absolute atomic E-state index is 0.0357. The lowest BCUT2D eigenvalue weighted by Crippen LogP contribution is -2.46. The predicted octanol–water partition coefficient (Wildman–Crippen LogP) is 2.82. The summed E-state index contributed by atoms with van der Waals surface area (Å²) >= 11 is 0. The summed E-state index contributed by atoms with van der Waals surface area (Å²) in [5, 5.41) is 13.4. The second kappa shape index (κ2) is 8.96. The van der Waals surface area contributed by atoms with E-state index in [2.05, 4.69) is 17.1 Å². The van der Waals surface area contributed by atoms with Crippen molar-refractivity contribution in [2.75, 3.05) is 13.2 Å². The van der Waals surface area contributed by atoms with Crippen LogP contribution in [-0.2, 0) is 17.9 Å². The van der Waals surface area contributed by atoms with Crippen molar-refractivity contribution >= 4 is 5.91 Å². The molecule has 2 N–H and O–H groups in total. The third-order valence-electron chi connectivity index (χ3n) is 7.23. The maximum absolute atomic E-state index is 13.5. The Balaban J connectivity index is 1.51. The van der Waals surface area contributed by atoms with Crippen LogP contribution in [0.5, 0.6) is 0 Å². The first-order chi connectivity index (χ1) is 16.1. The molecule has 0 spiro atoms. The van der Waals surface area contributed by atoms with Gasteiger partial charge in [-0.3, -0.25) is 14.5 Å². The lowest BCUT2D eigenvalue weighted by molar-refractivity contribution is -0.127. The summed E-state index contributed by atoms with van der Waals surface area (Å²) in [6.45, 7) is 3.66. The summed E-state index contributed by atoms with van der Waals surface area (Å²) in [6, 6.07) is 23.1. The molecule has 4 atom stereocenters. The molecule has 5 rings (SSSR count). The lowest BCUT2D eigenvalue weighted by atomic mass is 9.86. The first kappa shape index (κ1) is 21.6. The molecule has 2 aliphatic heterocycles. The van der Waals surface area contributed by atoms with Crippen LogP contribution in [0.15, 0.2) is 77.6 Å². The molecule has 3 heterocycles. The molecule has 6 nitrogen and oxygen atoms in total. The average molecular weight is 444 g/mol. The highest BCUT2D eigenvalue weighted by molar-refractivity contribution is 5.80. The number of hydrogen-bond donors (Lipinski definition) is 2. The molecule has 0 radical (unpaired) electrons. The molecule has 1 aromatic heterocycles. The van der Waals surface area contributed by atoms with Crippen molar-refractivity contribution in [3.8, 4) is 11.1 Å². The zero-order valence-corrected chi connectivity index (χ0v) is 18.7. The van der Waals surface area contributed by atoms with Gasteiger partial charge in [0.25, 0.3) is 5.56 Å². The van der Waals surface area contributed by atoms with Gasteiger partial charge < -0.3 is 15.0 Å². The van der Waals surface area contributed by atoms with Crippen LogP contribution in [0.2, 0.25) is 0 Å². The Morgan fingerprint density at radius 3 is 2.39 bits per heavy atom. The number of aliphatic hydroxyl groups excluding tert-OH is 1. The van der Waals surface area contributed by atoms with Gasteiger partial charge in [-0.2, -0.15) is 0 Å². The van der Waals surface area contributed by atoms with E-state index in [4.69, 9.17) is 0 Å². The largest absolute Gasteiger partial charge is 0.396 e. The van der Waals surface area contributed by atoms with Gasteiger partial charge in [-0.25, -0.2) is 0 Å². The van der Waals surface area contributed by atoms with E-state index in [9.17, 15) is 14.7 Å². The van der Waals surface area contributed by atoms with Gasteiger partial charge in [0.2, 0.25) is 5.91 Å². The topological polar surface area (TPSA) is 74.6 Å². The highest BCUT2D eigenvalue weighted by atomic mass is 16.3. The molecule has 33 heavy (non-hydrogen) atoms. The number of rotatable bonds is 6. The number of likely N-dealkylation sites (N-methyl/N-ethyl adjacent to an activating group) is 1. The van der Waals surface area contributed by atoms with Crippen molar-refractivity contribution in [3.05, 3.63) is 94.4 Å². The normalized spacial score (nSPS) is 23.8. The van der Waals surface area contributed by atoms with Crippen LogP contribution in [0.3, 0.4) is 0 Å². The van der Waals surface area contributed by atoms with Gasteiger partial charge >= 0.3 is 0 Å². The molecular weight excluding hydrogens is 414 g/mol. The molecule has 2 bridgehead atoms. The van der Waals surface area contributed by atoms with Crippen molar-refractivity contribution in [2.24, 2.45) is 11.8 Å². The van der Waals surface area contributed by atoms with Crippen LogP contribution < -0.4 is 10.9 Å². The highest BCUT2D eigenvalue weighted by Crippen LogP contribution is 2.48. The van der Waals surface area contributed by atoms with Crippen molar-refractivity contribution in [1.29, 1.82) is 0 Å². The fourth-order valence-electron chi connectivity index (χ4n) is 5.70. The van der Waals surface area contributed by atoms with E-state index in [0.29, 0.717) is 18.7 Å². The Morgan fingerprint density at radius 1 is 1.03 bits per heavy atom. The zero-order valence-electron chi connectivity index (χ0n) is 18.7. The number of carbonyl (C=O) groups is 1. The van der Waals surface area contributed by atoms with Crippen molar-refractivity contribution < 1.29 is 9.90 Å². The Kier molecular flexibility index (Phi) is 5.87. The van der Waals surface area contributed by atoms with E-state index in [1.54, 1.807) is 0 Å². The van der Waals surface area contributed by atoms with Crippen LogP contribution in [0.25, 0.3) is 11.1 Å². The molecule has 3 aromatic rings. The summed E-state index contributed by atoms with van der Waals surface area (Å²) in [5.41, 5.74) is 3.40. The number of fused-ring (bicyclic) bond motifs is 4. The maximum Gasteiger partial charge on any atom is 0.258 e. The molecule has 0 aliphatic carbocycles. The van der Waals surface area contributed by atoms with Crippen molar-refractivity contribution in [2.45, 2.75) is 32.1 Å². The van der Waals surface area contributed by atoms with Gasteiger partial charge in [0.15, 0.2) is 0 Å². The number of benzene rings is 2. The number of carbonyl (C=O) groups excluding carboxylic acids is 1. The maximum atomic E-state index is 13.5. The van der Waals surface area contributed by atoms with Gasteiger partial charge in [0.05, 0.1) is 12.0 Å². The Bertz CT molecular complexity index is 1190. The van der Waals surface area contributed by atoms with Crippen molar-refractivity contribution in [3.63, 3.8) is 0 Å². The molecule has 2 aliphatic rings. The van der Waals surface area contributed by atoms with Crippen LogP contribution in [0, 0.1) is 11.8 Å². The smallest absolute Gasteiger partial charge is 0.258 e. The Labute approximate surface area is 193 Å². The summed E-state index contributed by atoms with van der Waals surface area (Å²) in [4.78, 5) is 29.2. The van der Waals surface area contributed by atoms with Crippen LogP contribution in [0.4, 0.5) is 0 Å². The van der Waals surface area contributed by atoms with Gasteiger partial charge in [-0.15, -0.1) is 0 Å². The Morgan fingerprint density at radius 2 is 1.73 bits per heavy atom. The minimum atomic E-state index is -0.417. The van der Waals surface area contributed by atoms with E-state index in [0.717, 1.165) is 23.4 Å². The summed E-state index contributed by atoms with van der Waals surface area (Å²) in [6.07, 6.45) is 0. The van der Waals surface area contributed by atoms with Crippen LogP contribution >= 0.6 is 0 Å². The van der Waals surface area contributed by atoms with E-state index in [1.807, 2.05) is 77.4 Å². The fraction of sp³-hybridized carbons (Fsp3) is 0.333. The first-order valence-electron chi connectivity index (χ1n) is 11.6. The fourth-order valence-corrected chi connectivity index (χ4v) is 5.70. The number of aromatic nitrogens is 1. The van der Waals surface area contributed by atoms with Gasteiger partial charge in [0.1, 0.15) is 0 Å². The van der Waals surface area contributed by atoms with E-state index < -0.39 is 5.92 Å². The second-order valence-electron chi connectivity index (χ2n) is 8.87. The van der Waals surface area contributed by atoms with E-state index in [-0.39, 0.29) is 36.1 Å². The number of nitrogens with zero attached hydrogens (tertiary/aromatic N) is 2. The molecule has 1 saturated heterocycles. The SMILES string of the molecule is CCN1[C@@H]2Cn3c(ccc(-c4ccccc4)c3=O)[C@H]1[C@@H](C(=O)NCc1ccccc1)[C@@H]2CO. The minimum Gasteiger partial charge on any atom is -0.396 e.